The van der Waals surface area contributed by atoms with Gasteiger partial charge in [-0.25, -0.2) is 22.9 Å². The molecule has 1 saturated heterocycles. The highest BCUT2D eigenvalue weighted by atomic mass is 19.3. The molecule has 4 rings (SSSR count). The number of H-pyrrole nitrogens is 1. The van der Waals surface area contributed by atoms with Gasteiger partial charge in [0, 0.05) is 36.9 Å². The second-order valence-corrected chi connectivity index (χ2v) is 8.48. The molecule has 1 fully saturated rings. The van der Waals surface area contributed by atoms with Crippen molar-refractivity contribution in [3.63, 3.8) is 0 Å². The number of pyridine rings is 2. The number of fused-ring (bicyclic) bond motifs is 1. The number of carbonyl (C=O) groups excluding carboxylic acids is 1. The van der Waals surface area contributed by atoms with Crippen molar-refractivity contribution in [3.05, 3.63) is 51.6 Å². The number of ether oxygens (including phenoxy) is 2. The number of esters is 1. The molecule has 3 aromatic rings. The van der Waals surface area contributed by atoms with Gasteiger partial charge >= 0.3 is 5.97 Å². The number of hydrogen-bond donors (Lipinski definition) is 1. The first kappa shape index (κ1) is 24.6. The fraction of sp³-hybridized carbons (Fsp3) is 0.400. The van der Waals surface area contributed by atoms with Crippen LogP contribution in [0.2, 0.25) is 0 Å². The summed E-state index contributed by atoms with van der Waals surface area (Å²) < 4.78 is 52.6. The normalized spacial score (nSPS) is 15.7. The molecule has 0 spiro atoms. The van der Waals surface area contributed by atoms with E-state index in [0.717, 1.165) is 0 Å². The van der Waals surface area contributed by atoms with Crippen molar-refractivity contribution in [1.29, 1.82) is 0 Å². The Kier molecular flexibility index (Phi) is 6.73. The summed E-state index contributed by atoms with van der Waals surface area (Å²) in [5.41, 5.74) is 0.244. The van der Waals surface area contributed by atoms with Gasteiger partial charge < -0.3 is 19.4 Å². The number of nitrogens with one attached hydrogen (secondary N) is 1. The number of aromatic amines is 1. The summed E-state index contributed by atoms with van der Waals surface area (Å²) in [6.45, 7) is 3.58. The summed E-state index contributed by atoms with van der Waals surface area (Å²) in [6, 6.07) is 5.64. The third-order valence-corrected chi connectivity index (χ3v) is 6.06. The van der Waals surface area contributed by atoms with Crippen LogP contribution in [0.5, 0.6) is 5.75 Å². The van der Waals surface area contributed by atoms with E-state index in [9.17, 15) is 22.8 Å². The molecule has 0 unspecified atom stereocenters. The van der Waals surface area contributed by atoms with Crippen LogP contribution < -0.4 is 15.1 Å². The Labute approximate surface area is 199 Å². The van der Waals surface area contributed by atoms with E-state index in [1.165, 1.54) is 25.3 Å². The van der Waals surface area contributed by atoms with Gasteiger partial charge in [0.15, 0.2) is 5.75 Å². The van der Waals surface area contributed by atoms with Gasteiger partial charge in [-0.2, -0.15) is 0 Å². The fourth-order valence-corrected chi connectivity index (χ4v) is 4.39. The molecule has 186 valence electrons. The summed E-state index contributed by atoms with van der Waals surface area (Å²) in [7, 11) is 1.31. The number of aromatic nitrogens is 2. The number of nitrogens with zero attached hydrogens (tertiary/aromatic N) is 2. The van der Waals surface area contributed by atoms with Gasteiger partial charge in [-0.05, 0) is 44.5 Å². The molecule has 1 aromatic carbocycles. The Morgan fingerprint density at radius 2 is 2.00 bits per heavy atom. The van der Waals surface area contributed by atoms with Crippen LogP contribution in [-0.2, 0) is 4.74 Å². The first-order chi connectivity index (χ1) is 16.6. The van der Waals surface area contributed by atoms with Crippen LogP contribution in [0.25, 0.3) is 22.2 Å². The number of halogens is 3. The predicted octanol–water partition coefficient (Wildman–Crippen LogP) is 4.85. The monoisotopic (exact) mass is 489 g/mol. The van der Waals surface area contributed by atoms with E-state index >= 15 is 0 Å². The third kappa shape index (κ3) is 4.82. The van der Waals surface area contributed by atoms with Crippen molar-refractivity contribution in [2.75, 3.05) is 31.7 Å². The summed E-state index contributed by atoms with van der Waals surface area (Å²) in [4.78, 5) is 35.6. The van der Waals surface area contributed by atoms with Gasteiger partial charge in [0.2, 0.25) is 11.4 Å². The third-order valence-electron chi connectivity index (χ3n) is 6.06. The maximum Gasteiger partial charge on any atom is 0.344 e. The van der Waals surface area contributed by atoms with Gasteiger partial charge in [0.05, 0.1) is 30.6 Å². The number of rotatable bonds is 5. The summed E-state index contributed by atoms with van der Waals surface area (Å²) in [6.07, 6.45) is -0.374. The Balaban J connectivity index is 2.02. The van der Waals surface area contributed by atoms with E-state index in [0.29, 0.717) is 34.5 Å². The lowest BCUT2D eigenvalue weighted by molar-refractivity contribution is -0.0102. The summed E-state index contributed by atoms with van der Waals surface area (Å²) in [5, 5.41) is 0.424. The molecule has 10 heteroatoms. The van der Waals surface area contributed by atoms with Crippen molar-refractivity contribution in [1.82, 2.24) is 9.97 Å². The van der Waals surface area contributed by atoms with Gasteiger partial charge in [-0.15, -0.1) is 0 Å². The lowest BCUT2D eigenvalue weighted by Gasteiger charge is -2.25. The van der Waals surface area contributed by atoms with Gasteiger partial charge in [-0.1, -0.05) is 0 Å². The molecule has 0 aliphatic carbocycles. The molecule has 1 aliphatic heterocycles. The number of hydrogen-bond acceptors (Lipinski definition) is 6. The van der Waals surface area contributed by atoms with Crippen LogP contribution in [0.4, 0.5) is 19.0 Å². The van der Waals surface area contributed by atoms with Crippen LogP contribution in [0.1, 0.15) is 42.2 Å². The molecule has 7 nitrogen and oxygen atoms in total. The van der Waals surface area contributed by atoms with Crippen LogP contribution in [0.15, 0.2) is 29.1 Å². The van der Waals surface area contributed by atoms with Gasteiger partial charge in [0.1, 0.15) is 17.2 Å². The first-order valence-corrected chi connectivity index (χ1v) is 11.4. The van der Waals surface area contributed by atoms with Crippen molar-refractivity contribution < 1.29 is 27.4 Å². The van der Waals surface area contributed by atoms with Crippen molar-refractivity contribution in [2.45, 2.75) is 39.0 Å². The van der Waals surface area contributed by atoms with Crippen LogP contribution in [0, 0.1) is 12.7 Å². The quantitative estimate of drug-likeness (QED) is 0.516. The van der Waals surface area contributed by atoms with Gasteiger partial charge in [-0.3, -0.25) is 4.79 Å². The van der Waals surface area contributed by atoms with E-state index in [1.54, 1.807) is 24.8 Å². The molecule has 0 atom stereocenters. The topological polar surface area (TPSA) is 84.5 Å². The van der Waals surface area contributed by atoms with E-state index in [2.05, 4.69) is 9.97 Å². The van der Waals surface area contributed by atoms with Crippen LogP contribution >= 0.6 is 0 Å². The fourth-order valence-electron chi connectivity index (χ4n) is 4.39. The summed E-state index contributed by atoms with van der Waals surface area (Å²) in [5.74, 6) is -3.89. The number of benzene rings is 1. The smallest absolute Gasteiger partial charge is 0.344 e. The molecule has 1 aliphatic rings. The molecule has 35 heavy (non-hydrogen) atoms. The first-order valence-electron chi connectivity index (χ1n) is 11.4. The SMILES string of the molecule is CCOC(=O)c1c(-c2cc3cc(F)ccc3nc2N2CCCC(F)(F)CC2)[nH]c(C)c(OC)c1=O. The largest absolute Gasteiger partial charge is 0.491 e. The van der Waals surface area contributed by atoms with E-state index in [-0.39, 0.29) is 49.4 Å². The number of alkyl halides is 2. The van der Waals surface area contributed by atoms with E-state index in [1.807, 2.05) is 0 Å². The highest BCUT2D eigenvalue weighted by molar-refractivity contribution is 6.00. The standard InChI is InChI=1S/C25H26F3N3O4/c1-4-35-24(33)19-20(29-14(2)22(34-3)21(19)32)17-13-15-12-16(26)6-7-18(15)30-23(17)31-10-5-8-25(27,28)9-11-31/h6-7,12-13H,4-5,8-11H2,1-3H3,(H,29,32). The van der Waals surface area contributed by atoms with Crippen molar-refractivity contribution in [2.24, 2.45) is 0 Å². The molecule has 2 aromatic heterocycles. The van der Waals surface area contributed by atoms with Crippen molar-refractivity contribution in [3.8, 4) is 17.0 Å². The Morgan fingerprint density at radius 1 is 1.23 bits per heavy atom. The maximum atomic E-state index is 14.1. The lowest BCUT2D eigenvalue weighted by Crippen LogP contribution is -2.28. The van der Waals surface area contributed by atoms with E-state index < -0.39 is 23.1 Å². The van der Waals surface area contributed by atoms with E-state index in [4.69, 9.17) is 9.47 Å². The predicted molar refractivity (Wildman–Crippen MR) is 126 cm³/mol. The molecular weight excluding hydrogens is 463 g/mol. The zero-order valence-electron chi connectivity index (χ0n) is 19.7. The number of anilines is 1. The highest BCUT2D eigenvalue weighted by Crippen LogP contribution is 2.37. The highest BCUT2D eigenvalue weighted by Gasteiger charge is 2.34. The minimum absolute atomic E-state index is 0.0216. The summed E-state index contributed by atoms with van der Waals surface area (Å²) >= 11 is 0. The number of carbonyl (C=O) groups is 1. The van der Waals surface area contributed by atoms with Crippen LogP contribution in [0.3, 0.4) is 0 Å². The lowest BCUT2D eigenvalue weighted by atomic mass is 10.0. The Hall–Kier alpha value is -3.56. The molecule has 0 amide bonds. The zero-order valence-corrected chi connectivity index (χ0v) is 19.7. The molecular formula is C25H26F3N3O4. The molecule has 0 bridgehead atoms. The average Bonchev–Trinajstić information content (AvgIpc) is 2.98. The molecule has 0 saturated carbocycles. The minimum Gasteiger partial charge on any atom is -0.491 e. The Morgan fingerprint density at radius 3 is 2.71 bits per heavy atom. The zero-order chi connectivity index (χ0) is 25.3. The molecule has 3 heterocycles. The molecule has 0 radical (unpaired) electrons. The number of methoxy groups -OCH3 is 1. The average molecular weight is 489 g/mol. The Bertz CT molecular complexity index is 1340. The minimum atomic E-state index is -2.80. The van der Waals surface area contributed by atoms with Gasteiger partial charge in [0.25, 0.3) is 0 Å². The van der Waals surface area contributed by atoms with Crippen molar-refractivity contribution >= 4 is 22.7 Å². The van der Waals surface area contributed by atoms with Crippen LogP contribution in [-0.4, -0.2) is 48.7 Å². The maximum absolute atomic E-state index is 14.1. The number of aryl methyl sites for hydroxylation is 1. The molecule has 1 N–H and O–H groups in total. The second kappa shape index (κ2) is 9.59. The second-order valence-electron chi connectivity index (χ2n) is 8.48.